The van der Waals surface area contributed by atoms with Crippen LogP contribution in [-0.4, -0.2) is 107 Å². The standard InChI is InChI=1S/C39H67N2O7/c1-11-32(42)31(8)37-33(46-37)24-27(4)14-12-15-29(6)36-30(7)16-17-34(39(9,45)19-18-28(5)25-35(43)48-36)47-38(44)40-20-13-22-41(10,23-21-40)26(2)3/h12,14-17,26-28,30-34,36-37,42,45H,11,13,18-25H2,1-10H3/q+1/b14-12+,17-16+,29-15+/t27-,28-,30+,31-,32+,33-,34+,36-,37-,39-,41?/m1/s1. The van der Waals surface area contributed by atoms with E-state index in [0.717, 1.165) is 42.4 Å². The first-order valence-corrected chi connectivity index (χ1v) is 18.6. The van der Waals surface area contributed by atoms with E-state index < -0.39 is 23.9 Å². The third kappa shape index (κ3) is 11.4. The molecule has 48 heavy (non-hydrogen) atoms. The Balaban J connectivity index is 1.73. The second kappa shape index (κ2) is 17.6. The summed E-state index contributed by atoms with van der Waals surface area (Å²) >= 11 is 0. The van der Waals surface area contributed by atoms with Gasteiger partial charge in [-0.15, -0.1) is 0 Å². The highest BCUT2D eigenvalue weighted by atomic mass is 16.6. The molecular formula is C39H67N2O7+. The van der Waals surface area contributed by atoms with Crippen LogP contribution in [0.5, 0.6) is 0 Å². The number of cyclic esters (lactones) is 1. The number of epoxide rings is 1. The number of aliphatic hydroxyl groups excluding tert-OH is 1. The van der Waals surface area contributed by atoms with Crippen molar-refractivity contribution in [3.05, 3.63) is 36.0 Å². The molecule has 0 saturated carbocycles. The Kier molecular flexibility index (Phi) is 14.8. The van der Waals surface area contributed by atoms with Crippen molar-refractivity contribution < 1.29 is 38.5 Å². The van der Waals surface area contributed by atoms with Crippen LogP contribution in [-0.2, 0) is 19.0 Å². The summed E-state index contributed by atoms with van der Waals surface area (Å²) in [5.74, 6) is -0.0669. The number of ether oxygens (including phenoxy) is 3. The van der Waals surface area contributed by atoms with Gasteiger partial charge in [0, 0.05) is 31.2 Å². The number of amides is 1. The van der Waals surface area contributed by atoms with Gasteiger partial charge in [-0.1, -0.05) is 58.9 Å². The molecular weight excluding hydrogens is 608 g/mol. The minimum atomic E-state index is -1.30. The van der Waals surface area contributed by atoms with E-state index in [1.807, 2.05) is 45.9 Å². The van der Waals surface area contributed by atoms with E-state index in [1.54, 1.807) is 17.9 Å². The predicted octanol–water partition coefficient (Wildman–Crippen LogP) is 6.43. The third-order valence-electron chi connectivity index (χ3n) is 11.3. The SMILES string of the molecule is CC[C@H](O)[C@@H](C)[C@H]1O[C@@H]1C[C@H](C)/C=C/C=C(\C)[C@H]1OC(=O)C[C@H](C)CC[C@@](C)(O)[C@@H](OC(=O)N2CCC[N+](C)(C(C)C)CC2)/C=C/[C@@H]1C. The fourth-order valence-electron chi connectivity index (χ4n) is 7.04. The molecule has 2 saturated heterocycles. The first-order chi connectivity index (χ1) is 22.5. The fraction of sp³-hybridized carbons (Fsp3) is 0.795. The van der Waals surface area contributed by atoms with Gasteiger partial charge in [-0.3, -0.25) is 4.79 Å². The van der Waals surface area contributed by atoms with Crippen LogP contribution in [0, 0.1) is 23.7 Å². The molecule has 0 aromatic heterocycles. The zero-order chi connectivity index (χ0) is 35.8. The van der Waals surface area contributed by atoms with Gasteiger partial charge in [0.2, 0.25) is 0 Å². The van der Waals surface area contributed by atoms with Crippen molar-refractivity contribution in [3.8, 4) is 0 Å². The van der Waals surface area contributed by atoms with Crippen LogP contribution in [0.3, 0.4) is 0 Å². The Hall–Kier alpha value is -2.20. The van der Waals surface area contributed by atoms with E-state index in [0.29, 0.717) is 32.0 Å². The molecule has 11 atom stereocenters. The van der Waals surface area contributed by atoms with Crippen molar-refractivity contribution in [2.75, 3.05) is 33.2 Å². The molecule has 0 aliphatic carbocycles. The molecule has 9 nitrogen and oxygen atoms in total. The molecule has 1 amide bonds. The maximum Gasteiger partial charge on any atom is 0.410 e. The van der Waals surface area contributed by atoms with Crippen LogP contribution in [0.2, 0.25) is 0 Å². The molecule has 3 aliphatic rings. The van der Waals surface area contributed by atoms with Gasteiger partial charge in [-0.05, 0) is 76.9 Å². The summed E-state index contributed by atoms with van der Waals surface area (Å²) < 4.78 is 19.0. The van der Waals surface area contributed by atoms with Gasteiger partial charge in [0.25, 0.3) is 0 Å². The monoisotopic (exact) mass is 675 g/mol. The van der Waals surface area contributed by atoms with Crippen LogP contribution in [0.4, 0.5) is 4.79 Å². The predicted molar refractivity (Wildman–Crippen MR) is 190 cm³/mol. The van der Waals surface area contributed by atoms with E-state index in [4.69, 9.17) is 14.2 Å². The second-order valence-electron chi connectivity index (χ2n) is 16.0. The quantitative estimate of drug-likeness (QED) is 0.0904. The van der Waals surface area contributed by atoms with Crippen LogP contribution < -0.4 is 0 Å². The third-order valence-corrected chi connectivity index (χ3v) is 11.3. The lowest BCUT2D eigenvalue weighted by Crippen LogP contribution is -2.52. The first-order valence-electron chi connectivity index (χ1n) is 18.6. The molecule has 0 bridgehead atoms. The summed E-state index contributed by atoms with van der Waals surface area (Å²) in [6, 6.07) is 0.470. The summed E-state index contributed by atoms with van der Waals surface area (Å²) in [5.41, 5.74) is -0.391. The van der Waals surface area contributed by atoms with Crippen LogP contribution in [0.25, 0.3) is 0 Å². The number of carbonyl (C=O) groups excluding carboxylic acids is 2. The number of hydrogen-bond donors (Lipinski definition) is 2. The van der Waals surface area contributed by atoms with Gasteiger partial charge in [-0.2, -0.15) is 0 Å². The fourth-order valence-corrected chi connectivity index (χ4v) is 7.04. The van der Waals surface area contributed by atoms with Gasteiger partial charge in [0.05, 0.1) is 51.0 Å². The molecule has 3 heterocycles. The van der Waals surface area contributed by atoms with Gasteiger partial charge in [-0.25, -0.2) is 4.79 Å². The number of hydrogen-bond acceptors (Lipinski definition) is 7. The van der Waals surface area contributed by atoms with Crippen molar-refractivity contribution in [2.45, 2.75) is 143 Å². The molecule has 2 N–H and O–H groups in total. The lowest BCUT2D eigenvalue weighted by atomic mass is 9.87. The number of aliphatic hydroxyl groups is 2. The largest absolute Gasteiger partial charge is 0.457 e. The molecule has 274 valence electrons. The first kappa shape index (κ1) is 40.2. The Labute approximate surface area is 291 Å². The molecule has 9 heteroatoms. The van der Waals surface area contributed by atoms with E-state index >= 15 is 0 Å². The minimum absolute atomic E-state index is 0.00330. The molecule has 1 unspecified atom stereocenters. The molecule has 2 fully saturated rings. The number of rotatable bonds is 10. The number of quaternary nitrogens is 1. The van der Waals surface area contributed by atoms with Crippen LogP contribution in [0.15, 0.2) is 36.0 Å². The van der Waals surface area contributed by atoms with Crippen LogP contribution >= 0.6 is 0 Å². The van der Waals surface area contributed by atoms with E-state index in [-0.39, 0.29) is 54.4 Å². The average molecular weight is 676 g/mol. The minimum Gasteiger partial charge on any atom is -0.457 e. The summed E-state index contributed by atoms with van der Waals surface area (Å²) in [6.45, 7) is 21.4. The van der Waals surface area contributed by atoms with Gasteiger partial charge >= 0.3 is 12.1 Å². The van der Waals surface area contributed by atoms with E-state index in [9.17, 15) is 19.8 Å². The van der Waals surface area contributed by atoms with Crippen LogP contribution in [0.1, 0.15) is 101 Å². The Bertz CT molecular complexity index is 1150. The lowest BCUT2D eigenvalue weighted by Gasteiger charge is -2.37. The second-order valence-corrected chi connectivity index (χ2v) is 16.0. The topological polar surface area (TPSA) is 109 Å². The number of likely N-dealkylation sites (N-methyl/N-ethyl adjacent to an activating group) is 1. The van der Waals surface area contributed by atoms with Gasteiger partial charge in [0.15, 0.2) is 6.10 Å². The smallest absolute Gasteiger partial charge is 0.410 e. The highest BCUT2D eigenvalue weighted by Crippen LogP contribution is 2.36. The molecule has 0 aromatic rings. The van der Waals surface area contributed by atoms with Crippen molar-refractivity contribution in [2.24, 2.45) is 23.7 Å². The van der Waals surface area contributed by atoms with Crippen molar-refractivity contribution in [3.63, 3.8) is 0 Å². The molecule has 3 aliphatic heterocycles. The van der Waals surface area contributed by atoms with E-state index in [1.165, 1.54) is 0 Å². The molecule has 0 spiro atoms. The maximum absolute atomic E-state index is 13.5. The Morgan fingerprint density at radius 1 is 1.19 bits per heavy atom. The molecule has 0 radical (unpaired) electrons. The normalized spacial score (nSPS) is 36.7. The molecule has 0 aromatic carbocycles. The zero-order valence-electron chi connectivity index (χ0n) is 31.6. The van der Waals surface area contributed by atoms with Gasteiger partial charge in [0.1, 0.15) is 11.7 Å². The van der Waals surface area contributed by atoms with Crippen molar-refractivity contribution in [1.29, 1.82) is 0 Å². The average Bonchev–Trinajstić information content (AvgIpc) is 3.82. The number of allylic oxidation sites excluding steroid dienone is 3. The van der Waals surface area contributed by atoms with E-state index in [2.05, 4.69) is 40.8 Å². The lowest BCUT2D eigenvalue weighted by molar-refractivity contribution is -0.927. The van der Waals surface area contributed by atoms with Crippen molar-refractivity contribution >= 4 is 12.1 Å². The number of esters is 1. The summed E-state index contributed by atoms with van der Waals surface area (Å²) in [7, 11) is 2.25. The Morgan fingerprint density at radius 2 is 1.90 bits per heavy atom. The Morgan fingerprint density at radius 3 is 2.56 bits per heavy atom. The number of nitrogens with zero attached hydrogens (tertiary/aromatic N) is 2. The van der Waals surface area contributed by atoms with Crippen molar-refractivity contribution in [1.82, 2.24) is 4.90 Å². The maximum atomic E-state index is 13.5. The highest BCUT2D eigenvalue weighted by Gasteiger charge is 2.45. The summed E-state index contributed by atoms with van der Waals surface area (Å²) in [4.78, 5) is 28.3. The molecule has 3 rings (SSSR count). The zero-order valence-corrected chi connectivity index (χ0v) is 31.6. The summed E-state index contributed by atoms with van der Waals surface area (Å²) in [6.07, 6.45) is 11.8. The summed E-state index contributed by atoms with van der Waals surface area (Å²) in [5, 5.41) is 21.8. The number of carbonyl (C=O) groups is 2. The highest BCUT2D eigenvalue weighted by molar-refractivity contribution is 5.70. The van der Waals surface area contributed by atoms with Gasteiger partial charge < -0.3 is 33.8 Å².